The summed E-state index contributed by atoms with van der Waals surface area (Å²) in [6.07, 6.45) is -2.69. The van der Waals surface area contributed by atoms with Gasteiger partial charge in [-0.2, -0.15) is 18.2 Å². The van der Waals surface area contributed by atoms with Crippen molar-refractivity contribution in [3.8, 4) is 11.6 Å². The number of aromatic nitrogens is 2. The molecule has 2 fully saturated rings. The molecular formula is C50H56ClF3N10O7S. The molecule has 5 aliphatic rings. The smallest absolute Gasteiger partial charge is 0.427 e. The summed E-state index contributed by atoms with van der Waals surface area (Å²) in [5.74, 6) is -1.60. The second-order valence-electron chi connectivity index (χ2n) is 20.1. The molecule has 5 aromatic rings. The number of nitro benzene ring substituents is 1. The van der Waals surface area contributed by atoms with Crippen LogP contribution in [0.1, 0.15) is 49.0 Å². The number of halogens is 4. The summed E-state index contributed by atoms with van der Waals surface area (Å²) < 4.78 is 86.0. The van der Waals surface area contributed by atoms with Crippen LogP contribution in [0.4, 0.5) is 41.6 Å². The lowest BCUT2D eigenvalue weighted by molar-refractivity contribution is -0.384. The number of hydrogen-bond donors (Lipinski definition) is 3. The Balaban J connectivity index is 0.947. The molecule has 1 amide bonds. The number of hydrogen-bond acceptors (Lipinski definition) is 14. The van der Waals surface area contributed by atoms with Gasteiger partial charge in [-0.15, -0.1) is 0 Å². The third-order valence-corrected chi connectivity index (χ3v) is 16.0. The van der Waals surface area contributed by atoms with E-state index in [9.17, 15) is 36.5 Å². The van der Waals surface area contributed by atoms with Crippen LogP contribution in [0.5, 0.6) is 11.6 Å². The number of rotatable bonds is 11. The third-order valence-electron chi connectivity index (χ3n) is 14.4. The zero-order valence-electron chi connectivity index (χ0n) is 40.1. The maximum atomic E-state index is 14.7. The summed E-state index contributed by atoms with van der Waals surface area (Å²) in [5, 5.41) is 16.9. The Hall–Kier alpha value is -6.13. The minimum Gasteiger partial charge on any atom is -0.489 e. The molecule has 6 heterocycles. The first-order chi connectivity index (χ1) is 34.3. The van der Waals surface area contributed by atoms with E-state index in [0.29, 0.717) is 48.8 Å². The Morgan fingerprint density at radius 2 is 1.71 bits per heavy atom. The van der Waals surface area contributed by atoms with Crippen molar-refractivity contribution < 1.29 is 40.8 Å². The molecule has 0 radical (unpaired) electrons. The average molecular weight is 1030 g/mol. The molecule has 2 atom stereocenters. The highest BCUT2D eigenvalue weighted by atomic mass is 35.5. The number of nitrogens with zero attached hydrogens (tertiary/aromatic N) is 7. The largest absolute Gasteiger partial charge is 0.489 e. The quantitative estimate of drug-likeness (QED) is 0.0858. The first-order valence-corrected chi connectivity index (χ1v) is 25.9. The molecule has 0 saturated carbocycles. The number of benzene rings is 3. The van der Waals surface area contributed by atoms with Gasteiger partial charge in [0.2, 0.25) is 12.0 Å². The Labute approximate surface area is 420 Å². The molecule has 3 N–H and O–H groups in total. The highest BCUT2D eigenvalue weighted by Gasteiger charge is 2.47. The van der Waals surface area contributed by atoms with Gasteiger partial charge >= 0.3 is 6.18 Å². The van der Waals surface area contributed by atoms with Gasteiger partial charge < -0.3 is 34.5 Å². The fourth-order valence-corrected chi connectivity index (χ4v) is 11.5. The first kappa shape index (κ1) is 49.4. The fraction of sp³-hybridized carbons (Fsp3) is 0.440. The van der Waals surface area contributed by atoms with Crippen molar-refractivity contribution in [3.63, 3.8) is 0 Å². The molecule has 72 heavy (non-hydrogen) atoms. The number of anilines is 4. The van der Waals surface area contributed by atoms with E-state index in [4.69, 9.17) is 21.1 Å². The molecule has 382 valence electrons. The van der Waals surface area contributed by atoms with Crippen LogP contribution in [0.25, 0.3) is 16.6 Å². The van der Waals surface area contributed by atoms with Gasteiger partial charge in [0.1, 0.15) is 17.9 Å². The van der Waals surface area contributed by atoms with Crippen LogP contribution in [-0.2, 0) is 10.0 Å². The number of carbonyl (C=O) groups excluding carboxylic acids is 1. The molecule has 0 spiro atoms. The maximum absolute atomic E-state index is 14.7. The Kier molecular flexibility index (Phi) is 13.3. The second kappa shape index (κ2) is 19.4. The van der Waals surface area contributed by atoms with Crippen molar-refractivity contribution in [1.82, 2.24) is 29.4 Å². The summed E-state index contributed by atoms with van der Waals surface area (Å²) in [4.78, 5) is 43.1. The number of likely N-dealkylation sites (N-methyl/N-ethyl adjacent to an activating group) is 1. The molecule has 0 bridgehead atoms. The van der Waals surface area contributed by atoms with E-state index in [0.717, 1.165) is 69.7 Å². The monoisotopic (exact) mass is 1030 g/mol. The SMILES string of the molecule is CN1CCN(C[C@H]2COc3cc(S(=O)(=O)NC(=O)c4ccc(N5CCN(CC6=C(c7ccc(Cl)cc7)CC(C)(C)CC6)CC5)cc4N4C[C@@H](C(F)(F)F)Oc5nc6[nH]ccc6cc54)cc([N+](=O)[O-])c3N2)CC1. The summed E-state index contributed by atoms with van der Waals surface area (Å²) in [6, 6.07) is 17.5. The van der Waals surface area contributed by atoms with Crippen molar-refractivity contribution in [2.45, 2.75) is 56.3 Å². The minimum absolute atomic E-state index is 0.0162. The molecular weight excluding hydrogens is 977 g/mol. The van der Waals surface area contributed by atoms with Crippen LogP contribution >= 0.6 is 11.6 Å². The topological polar surface area (TPSA) is 182 Å². The van der Waals surface area contributed by atoms with Gasteiger partial charge in [0.15, 0.2) is 11.4 Å². The van der Waals surface area contributed by atoms with E-state index in [-0.39, 0.29) is 58.0 Å². The predicted octanol–water partition coefficient (Wildman–Crippen LogP) is 7.91. The average Bonchev–Trinajstić information content (AvgIpc) is 3.81. The van der Waals surface area contributed by atoms with E-state index in [1.165, 1.54) is 22.1 Å². The number of carbonyl (C=O) groups is 1. The van der Waals surface area contributed by atoms with Gasteiger partial charge in [0.05, 0.1) is 33.7 Å². The Bertz CT molecular complexity index is 3050. The van der Waals surface area contributed by atoms with Crippen LogP contribution in [0, 0.1) is 15.5 Å². The summed E-state index contributed by atoms with van der Waals surface area (Å²) in [6.45, 7) is 11.0. The molecule has 0 unspecified atom stereocenters. The number of piperazine rings is 2. The van der Waals surface area contributed by atoms with Gasteiger partial charge in [0.25, 0.3) is 21.6 Å². The number of aromatic amines is 1. The van der Waals surface area contributed by atoms with Crippen LogP contribution < -0.4 is 29.3 Å². The fourth-order valence-electron chi connectivity index (χ4n) is 10.3. The number of H-pyrrole nitrogens is 1. The van der Waals surface area contributed by atoms with E-state index in [2.05, 4.69) is 65.6 Å². The number of alkyl halides is 3. The number of pyridine rings is 1. The molecule has 4 aliphatic heterocycles. The van der Waals surface area contributed by atoms with E-state index < -0.39 is 50.3 Å². The number of ether oxygens (including phenoxy) is 2. The van der Waals surface area contributed by atoms with Crippen molar-refractivity contribution >= 4 is 72.6 Å². The van der Waals surface area contributed by atoms with Gasteiger partial charge in [-0.1, -0.05) is 43.2 Å². The number of amides is 1. The lowest BCUT2D eigenvalue weighted by Gasteiger charge is -2.40. The first-order valence-electron chi connectivity index (χ1n) is 24.0. The van der Waals surface area contributed by atoms with E-state index in [1.807, 2.05) is 19.2 Å². The number of sulfonamides is 1. The summed E-state index contributed by atoms with van der Waals surface area (Å²) in [7, 11) is -2.83. The number of allylic oxidation sites excluding steroid dienone is 1. The third kappa shape index (κ3) is 10.4. The van der Waals surface area contributed by atoms with Crippen molar-refractivity contribution in [2.24, 2.45) is 5.41 Å². The highest BCUT2D eigenvalue weighted by molar-refractivity contribution is 7.90. The van der Waals surface area contributed by atoms with Crippen molar-refractivity contribution in [2.75, 3.05) is 101 Å². The normalized spacial score (nSPS) is 21.1. The second-order valence-corrected chi connectivity index (χ2v) is 22.3. The van der Waals surface area contributed by atoms with Crippen LogP contribution in [-0.4, -0.2) is 148 Å². The number of nitro groups is 1. The Morgan fingerprint density at radius 1 is 0.972 bits per heavy atom. The zero-order chi connectivity index (χ0) is 50.7. The standard InChI is InChI=1S/C50H56ClF3N10O7S/c1-49(2)12-10-33(39(26-49)31-4-6-34(51)7-5-31)27-60-18-20-62(21-19-60)36-8-9-38(40(23-36)63-29-44(50(52,53)54)71-48-42(63)22-32-11-13-55-46(32)57-48)47(65)58-72(68,69)37-24-41(64(66)67)45-43(25-37)70-30-35(56-45)28-61-16-14-59(3)15-17-61/h4-9,11,13,22-25,35,44,56H,10,12,14-21,26-30H2,1-3H3,(H,55,57)(H,58,65)/t35-,44-/m0/s1. The molecule has 2 saturated heterocycles. The van der Waals surface area contributed by atoms with Gasteiger partial charge in [-0.05, 0) is 85.3 Å². The van der Waals surface area contributed by atoms with Gasteiger partial charge in [-0.3, -0.25) is 24.7 Å². The summed E-state index contributed by atoms with van der Waals surface area (Å²) in [5.41, 5.74) is 4.17. The van der Waals surface area contributed by atoms with E-state index in [1.54, 1.807) is 30.5 Å². The van der Waals surface area contributed by atoms with Crippen molar-refractivity contribution in [3.05, 3.63) is 105 Å². The predicted molar refractivity (Wildman–Crippen MR) is 269 cm³/mol. The zero-order valence-corrected chi connectivity index (χ0v) is 41.7. The van der Waals surface area contributed by atoms with Gasteiger partial charge in [0, 0.05) is 99.9 Å². The molecule has 17 nitrogen and oxygen atoms in total. The molecule has 10 rings (SSSR count). The lowest BCUT2D eigenvalue weighted by Crippen LogP contribution is -2.50. The molecule has 1 aliphatic carbocycles. The van der Waals surface area contributed by atoms with Crippen LogP contribution in [0.2, 0.25) is 5.02 Å². The summed E-state index contributed by atoms with van der Waals surface area (Å²) >= 11 is 6.26. The van der Waals surface area contributed by atoms with Crippen molar-refractivity contribution in [1.29, 1.82) is 0 Å². The van der Waals surface area contributed by atoms with Crippen LogP contribution in [0.15, 0.2) is 83.4 Å². The highest BCUT2D eigenvalue weighted by Crippen LogP contribution is 2.46. The lowest BCUT2D eigenvalue weighted by atomic mass is 9.72. The number of nitrogens with one attached hydrogen (secondary N) is 3. The molecule has 3 aromatic carbocycles. The Morgan fingerprint density at radius 3 is 2.43 bits per heavy atom. The molecule has 2 aromatic heterocycles. The van der Waals surface area contributed by atoms with Crippen LogP contribution in [0.3, 0.4) is 0 Å². The maximum Gasteiger partial charge on any atom is 0.427 e. The number of fused-ring (bicyclic) bond motifs is 3. The van der Waals surface area contributed by atoms with E-state index >= 15 is 0 Å². The minimum atomic E-state index is -4.87. The molecule has 22 heteroatoms. The van der Waals surface area contributed by atoms with Gasteiger partial charge in [-0.25, -0.2) is 13.1 Å².